The summed E-state index contributed by atoms with van der Waals surface area (Å²) in [5.41, 5.74) is 0.807. The second kappa shape index (κ2) is 9.37. The van der Waals surface area contributed by atoms with Gasteiger partial charge in [0.25, 0.3) is 0 Å². The van der Waals surface area contributed by atoms with E-state index in [9.17, 15) is 14.4 Å². The number of carbonyl (C=O) groups excluding carboxylic acids is 3. The smallest absolute Gasteiger partial charge is 0.317 e. The van der Waals surface area contributed by atoms with Crippen LogP contribution in [0.5, 0.6) is 0 Å². The van der Waals surface area contributed by atoms with Crippen LogP contribution in [0.2, 0.25) is 0 Å². The topological polar surface area (TPSA) is 73.0 Å². The lowest BCUT2D eigenvalue weighted by Gasteiger charge is -2.36. The fraction of sp³-hybridized carbons (Fsp3) is 0.591. The normalized spacial score (nSPS) is 23.0. The number of amides is 4. The Labute approximate surface area is 185 Å². The van der Waals surface area contributed by atoms with E-state index < -0.39 is 5.92 Å². The molecule has 0 spiro atoms. The largest absolute Gasteiger partial charge is 0.338 e. The van der Waals surface area contributed by atoms with Crippen LogP contribution >= 0.6 is 15.9 Å². The molecule has 7 nitrogen and oxygen atoms in total. The average Bonchev–Trinajstić information content (AvgIpc) is 3.15. The van der Waals surface area contributed by atoms with Gasteiger partial charge in [0.1, 0.15) is 5.92 Å². The second-order valence-electron chi connectivity index (χ2n) is 8.38. The Hall–Kier alpha value is -2.09. The molecular formula is C22H29BrN4O3. The molecule has 1 atom stereocenters. The molecule has 0 radical (unpaired) electrons. The third-order valence-electron chi connectivity index (χ3n) is 6.46. The Morgan fingerprint density at radius 1 is 0.900 bits per heavy atom. The number of halogens is 1. The SMILES string of the molecule is O=C(NC1CCCCC1)N1CCN(C(=O)C2CCN(c3ccccc3Br)C2=O)CC1. The summed E-state index contributed by atoms with van der Waals surface area (Å²) in [4.78, 5) is 43.7. The Morgan fingerprint density at radius 2 is 1.57 bits per heavy atom. The minimum Gasteiger partial charge on any atom is -0.338 e. The van der Waals surface area contributed by atoms with Gasteiger partial charge in [-0.1, -0.05) is 31.4 Å². The van der Waals surface area contributed by atoms with Gasteiger partial charge in [0.05, 0.1) is 5.69 Å². The van der Waals surface area contributed by atoms with Gasteiger partial charge in [-0.15, -0.1) is 0 Å². The monoisotopic (exact) mass is 476 g/mol. The lowest BCUT2D eigenvalue weighted by molar-refractivity contribution is -0.141. The fourth-order valence-corrected chi connectivity index (χ4v) is 5.18. The van der Waals surface area contributed by atoms with Crippen molar-refractivity contribution in [1.29, 1.82) is 0 Å². The summed E-state index contributed by atoms with van der Waals surface area (Å²) in [6.07, 6.45) is 6.26. The molecule has 1 aromatic carbocycles. The third-order valence-corrected chi connectivity index (χ3v) is 7.13. The summed E-state index contributed by atoms with van der Waals surface area (Å²) in [6.45, 7) is 2.53. The highest BCUT2D eigenvalue weighted by atomic mass is 79.9. The van der Waals surface area contributed by atoms with E-state index in [4.69, 9.17) is 0 Å². The second-order valence-corrected chi connectivity index (χ2v) is 9.23. The van der Waals surface area contributed by atoms with Crippen molar-refractivity contribution in [1.82, 2.24) is 15.1 Å². The molecule has 3 aliphatic rings. The zero-order chi connectivity index (χ0) is 21.1. The van der Waals surface area contributed by atoms with Gasteiger partial charge in [0.15, 0.2) is 0 Å². The Kier molecular flexibility index (Phi) is 6.61. The number of para-hydroxylation sites is 1. The molecule has 8 heteroatoms. The van der Waals surface area contributed by atoms with Crippen molar-refractivity contribution in [3.8, 4) is 0 Å². The zero-order valence-electron chi connectivity index (χ0n) is 17.2. The standard InChI is InChI=1S/C22H29BrN4O3/c23-18-8-4-5-9-19(18)27-11-10-17(21(27)29)20(28)25-12-14-26(15-13-25)22(30)24-16-6-2-1-3-7-16/h4-5,8-9,16-17H,1-3,6-7,10-15H2,(H,24,30). The number of hydrogen-bond acceptors (Lipinski definition) is 3. The van der Waals surface area contributed by atoms with Crippen LogP contribution in [0.1, 0.15) is 38.5 Å². The Morgan fingerprint density at radius 3 is 2.27 bits per heavy atom. The molecule has 2 saturated heterocycles. The first-order valence-electron chi connectivity index (χ1n) is 10.9. The number of rotatable bonds is 3. The molecule has 4 amide bonds. The number of hydrogen-bond donors (Lipinski definition) is 1. The van der Waals surface area contributed by atoms with Crippen LogP contribution in [0.15, 0.2) is 28.7 Å². The fourth-order valence-electron chi connectivity index (χ4n) is 4.68. The highest BCUT2D eigenvalue weighted by molar-refractivity contribution is 9.10. The quantitative estimate of drug-likeness (QED) is 0.681. The summed E-state index contributed by atoms with van der Waals surface area (Å²) in [5.74, 6) is -0.869. The highest BCUT2D eigenvalue weighted by Gasteiger charge is 2.41. The number of benzene rings is 1. The van der Waals surface area contributed by atoms with E-state index in [0.717, 1.165) is 23.0 Å². The molecule has 0 bridgehead atoms. The molecule has 2 aliphatic heterocycles. The zero-order valence-corrected chi connectivity index (χ0v) is 18.8. The maximum Gasteiger partial charge on any atom is 0.317 e. The number of nitrogens with one attached hydrogen (secondary N) is 1. The number of carbonyl (C=O) groups is 3. The number of anilines is 1. The molecule has 2 heterocycles. The van der Waals surface area contributed by atoms with Crippen molar-refractivity contribution in [2.75, 3.05) is 37.6 Å². The van der Waals surface area contributed by atoms with Crippen molar-refractivity contribution in [3.63, 3.8) is 0 Å². The predicted molar refractivity (Wildman–Crippen MR) is 118 cm³/mol. The summed E-state index contributed by atoms with van der Waals surface area (Å²) in [7, 11) is 0. The van der Waals surface area contributed by atoms with Crippen LogP contribution in [0.3, 0.4) is 0 Å². The van der Waals surface area contributed by atoms with E-state index in [1.165, 1.54) is 19.3 Å². The van der Waals surface area contributed by atoms with Crippen LogP contribution in [-0.4, -0.2) is 66.4 Å². The molecule has 3 fully saturated rings. The van der Waals surface area contributed by atoms with Crippen LogP contribution in [-0.2, 0) is 9.59 Å². The minimum atomic E-state index is -0.625. The maximum atomic E-state index is 13.0. The molecule has 162 valence electrons. The first-order valence-corrected chi connectivity index (χ1v) is 11.7. The maximum absolute atomic E-state index is 13.0. The molecule has 30 heavy (non-hydrogen) atoms. The van der Waals surface area contributed by atoms with Gasteiger partial charge in [0.2, 0.25) is 11.8 Å². The highest BCUT2D eigenvalue weighted by Crippen LogP contribution is 2.32. The van der Waals surface area contributed by atoms with Gasteiger partial charge in [-0.3, -0.25) is 9.59 Å². The molecule has 1 aromatic rings. The lowest BCUT2D eigenvalue weighted by Crippen LogP contribution is -2.55. The summed E-state index contributed by atoms with van der Waals surface area (Å²) < 4.78 is 0.851. The van der Waals surface area contributed by atoms with Crippen LogP contribution < -0.4 is 10.2 Å². The van der Waals surface area contributed by atoms with E-state index in [1.807, 2.05) is 24.3 Å². The van der Waals surface area contributed by atoms with Crippen molar-refractivity contribution in [3.05, 3.63) is 28.7 Å². The first kappa shape index (κ1) is 21.2. The number of urea groups is 1. The molecule has 0 aromatic heterocycles. The molecule has 1 unspecified atom stereocenters. The Bertz CT molecular complexity index is 803. The Balaban J connectivity index is 1.29. The van der Waals surface area contributed by atoms with Gasteiger partial charge < -0.3 is 20.0 Å². The van der Waals surface area contributed by atoms with Crippen LogP contribution in [0.4, 0.5) is 10.5 Å². The molecule has 1 N–H and O–H groups in total. The van der Waals surface area contributed by atoms with Crippen molar-refractivity contribution < 1.29 is 14.4 Å². The molecule has 1 saturated carbocycles. The van der Waals surface area contributed by atoms with E-state index >= 15 is 0 Å². The van der Waals surface area contributed by atoms with Crippen molar-refractivity contribution in [2.24, 2.45) is 5.92 Å². The number of nitrogens with zero attached hydrogens (tertiary/aromatic N) is 3. The van der Waals surface area contributed by atoms with E-state index in [1.54, 1.807) is 14.7 Å². The van der Waals surface area contributed by atoms with E-state index in [0.29, 0.717) is 39.1 Å². The van der Waals surface area contributed by atoms with Gasteiger partial charge >= 0.3 is 6.03 Å². The molecular weight excluding hydrogens is 448 g/mol. The predicted octanol–water partition coefficient (Wildman–Crippen LogP) is 2.99. The molecule has 1 aliphatic carbocycles. The van der Waals surface area contributed by atoms with Gasteiger partial charge in [-0.05, 0) is 47.3 Å². The van der Waals surface area contributed by atoms with Crippen molar-refractivity contribution in [2.45, 2.75) is 44.6 Å². The van der Waals surface area contributed by atoms with Crippen molar-refractivity contribution >= 4 is 39.5 Å². The van der Waals surface area contributed by atoms with Crippen LogP contribution in [0.25, 0.3) is 0 Å². The summed E-state index contributed by atoms with van der Waals surface area (Å²) in [6, 6.07) is 7.84. The molecule has 4 rings (SSSR count). The minimum absolute atomic E-state index is 0.0222. The van der Waals surface area contributed by atoms with E-state index in [2.05, 4.69) is 21.2 Å². The average molecular weight is 477 g/mol. The van der Waals surface area contributed by atoms with E-state index in [-0.39, 0.29) is 23.9 Å². The lowest BCUT2D eigenvalue weighted by atomic mass is 9.96. The van der Waals surface area contributed by atoms with Crippen LogP contribution in [0, 0.1) is 5.92 Å². The van der Waals surface area contributed by atoms with Gasteiger partial charge in [-0.2, -0.15) is 0 Å². The summed E-state index contributed by atoms with van der Waals surface area (Å²) in [5, 5.41) is 3.14. The number of piperazine rings is 1. The van der Waals surface area contributed by atoms with Gasteiger partial charge in [-0.25, -0.2) is 4.79 Å². The third kappa shape index (κ3) is 4.48. The summed E-state index contributed by atoms with van der Waals surface area (Å²) >= 11 is 3.49. The van der Waals surface area contributed by atoms with Gasteiger partial charge in [0, 0.05) is 43.2 Å². The first-order chi connectivity index (χ1) is 14.5.